The van der Waals surface area contributed by atoms with Crippen molar-refractivity contribution in [1.29, 1.82) is 0 Å². The topological polar surface area (TPSA) is 111 Å². The van der Waals surface area contributed by atoms with E-state index in [1.165, 1.54) is 38.7 Å². The highest BCUT2D eigenvalue weighted by molar-refractivity contribution is 6.35. The number of aromatic hydroxyl groups is 1. The highest BCUT2D eigenvalue weighted by atomic mass is 35.5. The zero-order valence-corrected chi connectivity index (χ0v) is 29.0. The number of piperidine rings is 3. The SMILES string of the molecule is COc1ccc([C@H](Cc2c(Cl)cncc2Cl)OC(=O)c2ccc(CN(C(=O)O[C@H]3CN4CCC3CC4)c3cc(O)ccc3F)cc2)cc1OC. The van der Waals surface area contributed by atoms with E-state index in [4.69, 9.17) is 42.1 Å². The van der Waals surface area contributed by atoms with Gasteiger partial charge in [0.05, 0.1) is 42.1 Å². The molecule has 1 amide bonds. The molecule has 3 fully saturated rings. The molecule has 13 heteroatoms. The minimum absolute atomic E-state index is 0.0804. The lowest BCUT2D eigenvalue weighted by atomic mass is 9.86. The number of rotatable bonds is 11. The first-order valence-corrected chi connectivity index (χ1v) is 16.9. The molecule has 3 aliphatic rings. The molecule has 1 aromatic heterocycles. The zero-order valence-electron chi connectivity index (χ0n) is 27.5. The molecule has 0 spiro atoms. The maximum Gasteiger partial charge on any atom is 0.415 e. The number of methoxy groups -OCH3 is 2. The van der Waals surface area contributed by atoms with Gasteiger partial charge in [-0.1, -0.05) is 41.4 Å². The van der Waals surface area contributed by atoms with Gasteiger partial charge in [-0.05, 0) is 84.9 Å². The molecule has 3 aliphatic heterocycles. The minimum Gasteiger partial charge on any atom is -0.508 e. The van der Waals surface area contributed by atoms with Gasteiger partial charge in [-0.15, -0.1) is 0 Å². The summed E-state index contributed by atoms with van der Waals surface area (Å²) in [7, 11) is 3.03. The van der Waals surface area contributed by atoms with Gasteiger partial charge in [-0.2, -0.15) is 0 Å². The van der Waals surface area contributed by atoms with Crippen LogP contribution >= 0.6 is 23.2 Å². The number of nitrogens with zero attached hydrogens (tertiary/aromatic N) is 3. The molecular formula is C37H36Cl2FN3O7. The van der Waals surface area contributed by atoms with Crippen LogP contribution in [0.15, 0.2) is 73.1 Å². The van der Waals surface area contributed by atoms with Crippen molar-refractivity contribution in [3.63, 3.8) is 0 Å². The van der Waals surface area contributed by atoms with Crippen molar-refractivity contribution in [2.75, 3.05) is 38.8 Å². The van der Waals surface area contributed by atoms with Crippen molar-refractivity contribution >= 4 is 41.0 Å². The number of hydrogen-bond donors (Lipinski definition) is 1. The lowest BCUT2D eigenvalue weighted by molar-refractivity contribution is -0.0311. The van der Waals surface area contributed by atoms with Gasteiger partial charge in [-0.25, -0.2) is 14.0 Å². The summed E-state index contributed by atoms with van der Waals surface area (Å²) in [6.07, 6.45) is 3.10. The van der Waals surface area contributed by atoms with Crippen LogP contribution in [0, 0.1) is 11.7 Å². The first-order valence-electron chi connectivity index (χ1n) is 16.1. The lowest BCUT2D eigenvalue weighted by Gasteiger charge is -2.44. The summed E-state index contributed by atoms with van der Waals surface area (Å²) in [5, 5.41) is 10.8. The Labute approximate surface area is 299 Å². The molecular weight excluding hydrogens is 688 g/mol. The Morgan fingerprint density at radius 2 is 1.68 bits per heavy atom. The third-order valence-corrected chi connectivity index (χ3v) is 9.84. The first kappa shape index (κ1) is 35.3. The molecule has 1 N–H and O–H groups in total. The molecule has 50 heavy (non-hydrogen) atoms. The number of ether oxygens (including phenoxy) is 4. The number of benzene rings is 3. The number of fused-ring (bicyclic) bond motifs is 3. The predicted molar refractivity (Wildman–Crippen MR) is 186 cm³/mol. The number of hydrogen-bond acceptors (Lipinski definition) is 9. The summed E-state index contributed by atoms with van der Waals surface area (Å²) in [5.41, 5.74) is 1.86. The van der Waals surface area contributed by atoms with Crippen LogP contribution < -0.4 is 14.4 Å². The Morgan fingerprint density at radius 1 is 0.980 bits per heavy atom. The molecule has 2 bridgehead atoms. The van der Waals surface area contributed by atoms with Crippen LogP contribution in [0.1, 0.15) is 46.0 Å². The Bertz CT molecular complexity index is 1830. The molecule has 4 aromatic rings. The molecule has 4 heterocycles. The minimum atomic E-state index is -0.829. The molecule has 0 radical (unpaired) electrons. The zero-order chi connectivity index (χ0) is 35.4. The number of amides is 1. The molecule has 0 aliphatic carbocycles. The van der Waals surface area contributed by atoms with Crippen molar-refractivity contribution in [3.8, 4) is 17.2 Å². The number of esters is 1. The van der Waals surface area contributed by atoms with E-state index in [0.717, 1.165) is 36.9 Å². The molecule has 3 aromatic carbocycles. The number of phenols is 1. The number of aromatic nitrogens is 1. The Kier molecular flexibility index (Phi) is 11.0. The van der Waals surface area contributed by atoms with Crippen molar-refractivity contribution in [1.82, 2.24) is 9.88 Å². The number of phenolic OH excluding ortho intramolecular Hbond substituents is 1. The number of carbonyl (C=O) groups excluding carboxylic acids is 2. The standard InChI is InChI=1S/C37H36Cl2FN3O7/c1-47-32-10-7-25(15-34(32)48-2)33(17-27-28(38)18-41-19-29(27)39)49-36(45)24-5-3-22(4-6-24)20-43(31-16-26(44)8-9-30(31)40)37(46)50-35-21-42-13-11-23(35)12-14-42/h3-10,15-16,18-19,23,33,35,44H,11-14,17,20-21H2,1-2H3/t33-,35-/m0/s1. The second-order valence-corrected chi connectivity index (χ2v) is 13.1. The average molecular weight is 725 g/mol. The second kappa shape index (κ2) is 15.5. The van der Waals surface area contributed by atoms with E-state index >= 15 is 4.39 Å². The summed E-state index contributed by atoms with van der Waals surface area (Å²) < 4.78 is 37.9. The summed E-state index contributed by atoms with van der Waals surface area (Å²) >= 11 is 12.9. The van der Waals surface area contributed by atoms with Gasteiger partial charge >= 0.3 is 12.1 Å². The van der Waals surface area contributed by atoms with Crippen LogP contribution in [0.2, 0.25) is 10.0 Å². The fraction of sp³-hybridized carbons (Fsp3) is 0.324. The van der Waals surface area contributed by atoms with Gasteiger partial charge in [0.25, 0.3) is 0 Å². The van der Waals surface area contributed by atoms with Crippen molar-refractivity contribution in [2.24, 2.45) is 5.92 Å². The second-order valence-electron chi connectivity index (χ2n) is 12.3. The predicted octanol–water partition coefficient (Wildman–Crippen LogP) is 7.63. The Morgan fingerprint density at radius 3 is 2.32 bits per heavy atom. The summed E-state index contributed by atoms with van der Waals surface area (Å²) in [6, 6.07) is 15.1. The van der Waals surface area contributed by atoms with Gasteiger partial charge < -0.3 is 24.1 Å². The maximum absolute atomic E-state index is 15.1. The molecule has 2 atom stereocenters. The monoisotopic (exact) mass is 723 g/mol. The largest absolute Gasteiger partial charge is 0.508 e. The molecule has 7 rings (SSSR count). The van der Waals surface area contributed by atoms with Crippen LogP contribution in [0.4, 0.5) is 14.9 Å². The Balaban J connectivity index is 1.22. The van der Waals surface area contributed by atoms with E-state index in [2.05, 4.69) is 9.88 Å². The molecule has 262 valence electrons. The fourth-order valence-corrected chi connectivity index (χ4v) is 6.94. The third kappa shape index (κ3) is 7.90. The molecule has 0 saturated carbocycles. The quantitative estimate of drug-likeness (QED) is 0.156. The van der Waals surface area contributed by atoms with E-state index in [1.807, 2.05) is 0 Å². The van der Waals surface area contributed by atoms with Gasteiger partial charge in [0.2, 0.25) is 0 Å². The Hall–Kier alpha value is -4.58. The van der Waals surface area contributed by atoms with E-state index in [9.17, 15) is 14.7 Å². The highest BCUT2D eigenvalue weighted by Crippen LogP contribution is 2.36. The number of pyridine rings is 1. The van der Waals surface area contributed by atoms with Crippen LogP contribution in [0.3, 0.4) is 0 Å². The van der Waals surface area contributed by atoms with Crippen molar-refractivity contribution < 1.29 is 38.0 Å². The summed E-state index contributed by atoms with van der Waals surface area (Å²) in [4.78, 5) is 34.6. The van der Waals surface area contributed by atoms with Crippen LogP contribution in [-0.4, -0.2) is 67.0 Å². The first-order chi connectivity index (χ1) is 24.1. The summed E-state index contributed by atoms with van der Waals surface area (Å²) in [5.74, 6) is -0.317. The van der Waals surface area contributed by atoms with Crippen LogP contribution in [0.5, 0.6) is 17.2 Å². The van der Waals surface area contributed by atoms with Crippen LogP contribution in [-0.2, 0) is 22.4 Å². The molecule has 3 saturated heterocycles. The molecule has 10 nitrogen and oxygen atoms in total. The normalized spacial score (nSPS) is 18.6. The van der Waals surface area contributed by atoms with E-state index in [0.29, 0.717) is 44.8 Å². The van der Waals surface area contributed by atoms with E-state index in [-0.39, 0.29) is 42.0 Å². The van der Waals surface area contributed by atoms with E-state index < -0.39 is 24.0 Å². The van der Waals surface area contributed by atoms with Gasteiger partial charge in [0.15, 0.2) is 11.5 Å². The van der Waals surface area contributed by atoms with Crippen molar-refractivity contribution in [2.45, 2.75) is 38.0 Å². The third-order valence-electron chi connectivity index (χ3n) is 9.19. The maximum atomic E-state index is 15.1. The van der Waals surface area contributed by atoms with Gasteiger partial charge in [0.1, 0.15) is 23.8 Å². The highest BCUT2D eigenvalue weighted by Gasteiger charge is 2.38. The number of anilines is 1. The average Bonchev–Trinajstić information content (AvgIpc) is 3.13. The van der Waals surface area contributed by atoms with Gasteiger partial charge in [0, 0.05) is 31.4 Å². The van der Waals surface area contributed by atoms with Crippen LogP contribution in [0.25, 0.3) is 0 Å². The summed E-state index contributed by atoms with van der Waals surface area (Å²) in [6.45, 7) is 2.49. The number of carbonyl (C=O) groups is 2. The fourth-order valence-electron chi connectivity index (χ4n) is 6.42. The number of halogens is 3. The smallest absolute Gasteiger partial charge is 0.415 e. The lowest BCUT2D eigenvalue weighted by Crippen LogP contribution is -2.53. The molecule has 0 unspecified atom stereocenters. The van der Waals surface area contributed by atoms with E-state index in [1.54, 1.807) is 42.5 Å². The van der Waals surface area contributed by atoms with Gasteiger partial charge in [-0.3, -0.25) is 14.8 Å². The van der Waals surface area contributed by atoms with Crippen molar-refractivity contribution in [3.05, 3.63) is 111 Å².